The van der Waals surface area contributed by atoms with Crippen LogP contribution in [0.2, 0.25) is 0 Å². The number of nitrogens with zero attached hydrogens (tertiary/aromatic N) is 2. The van der Waals surface area contributed by atoms with Crippen LogP contribution in [-0.2, 0) is 6.61 Å². The van der Waals surface area contributed by atoms with Crippen LogP contribution >= 0.6 is 0 Å². The summed E-state index contributed by atoms with van der Waals surface area (Å²) < 4.78 is 0. The first kappa shape index (κ1) is 10.4. The van der Waals surface area contributed by atoms with E-state index in [1.54, 1.807) is 6.20 Å². The molecule has 0 bridgehead atoms. The average molecular weight is 206 g/mol. The van der Waals surface area contributed by atoms with Crippen LogP contribution in [0.5, 0.6) is 0 Å². The van der Waals surface area contributed by atoms with Crippen LogP contribution in [0.1, 0.15) is 24.8 Å². The third-order valence-corrected chi connectivity index (χ3v) is 3.14. The van der Waals surface area contributed by atoms with Gasteiger partial charge in [0.1, 0.15) is 5.82 Å². The number of aliphatic hydroxyl groups excluding tert-OH is 1. The first-order valence-electron chi connectivity index (χ1n) is 5.56. The number of aliphatic hydroxyl groups is 1. The van der Waals surface area contributed by atoms with Crippen molar-refractivity contribution in [3.63, 3.8) is 0 Å². The summed E-state index contributed by atoms with van der Waals surface area (Å²) >= 11 is 0. The monoisotopic (exact) mass is 206 g/mol. The van der Waals surface area contributed by atoms with Gasteiger partial charge in [-0.15, -0.1) is 0 Å². The Hall–Kier alpha value is -1.09. The van der Waals surface area contributed by atoms with E-state index >= 15 is 0 Å². The van der Waals surface area contributed by atoms with E-state index < -0.39 is 0 Å². The van der Waals surface area contributed by atoms with Crippen molar-refractivity contribution >= 4 is 5.82 Å². The molecule has 0 spiro atoms. The van der Waals surface area contributed by atoms with Gasteiger partial charge < -0.3 is 10.0 Å². The summed E-state index contributed by atoms with van der Waals surface area (Å²) in [5.41, 5.74) is 0.931. The van der Waals surface area contributed by atoms with Gasteiger partial charge in [0.15, 0.2) is 0 Å². The van der Waals surface area contributed by atoms with Crippen molar-refractivity contribution in [1.29, 1.82) is 0 Å². The van der Waals surface area contributed by atoms with Gasteiger partial charge in [-0.1, -0.05) is 6.42 Å². The summed E-state index contributed by atoms with van der Waals surface area (Å²) in [5, 5.41) is 9.04. The third-order valence-electron chi connectivity index (χ3n) is 3.14. The Balaban J connectivity index is 1.99. The highest BCUT2D eigenvalue weighted by molar-refractivity contribution is 5.39. The van der Waals surface area contributed by atoms with Crippen LogP contribution in [0, 0.1) is 5.92 Å². The first-order valence-corrected chi connectivity index (χ1v) is 5.56. The molecule has 1 aromatic heterocycles. The molecule has 1 aliphatic carbocycles. The van der Waals surface area contributed by atoms with Gasteiger partial charge in [0.25, 0.3) is 0 Å². The van der Waals surface area contributed by atoms with Crippen LogP contribution in [0.15, 0.2) is 18.3 Å². The molecule has 0 unspecified atom stereocenters. The fraction of sp³-hybridized carbons (Fsp3) is 0.583. The van der Waals surface area contributed by atoms with E-state index in [1.807, 2.05) is 12.1 Å². The maximum atomic E-state index is 9.04. The molecule has 2 rings (SSSR count). The second-order valence-corrected chi connectivity index (χ2v) is 4.36. The second kappa shape index (κ2) is 4.62. The van der Waals surface area contributed by atoms with Gasteiger partial charge in [0, 0.05) is 19.8 Å². The van der Waals surface area contributed by atoms with Crippen LogP contribution in [0.3, 0.4) is 0 Å². The van der Waals surface area contributed by atoms with Crippen molar-refractivity contribution in [1.82, 2.24) is 4.98 Å². The van der Waals surface area contributed by atoms with E-state index in [0.717, 1.165) is 23.8 Å². The molecule has 0 saturated heterocycles. The van der Waals surface area contributed by atoms with E-state index in [-0.39, 0.29) is 6.61 Å². The lowest BCUT2D eigenvalue weighted by atomic mass is 9.85. The average Bonchev–Trinajstić information content (AvgIpc) is 2.23. The molecule has 0 aliphatic heterocycles. The molecule has 82 valence electrons. The number of hydrogen-bond donors (Lipinski definition) is 1. The third kappa shape index (κ3) is 2.48. The second-order valence-electron chi connectivity index (χ2n) is 4.36. The molecule has 1 aromatic rings. The topological polar surface area (TPSA) is 36.4 Å². The van der Waals surface area contributed by atoms with Crippen LogP contribution in [-0.4, -0.2) is 23.7 Å². The molecule has 1 saturated carbocycles. The van der Waals surface area contributed by atoms with Gasteiger partial charge in [-0.25, -0.2) is 4.98 Å². The lowest BCUT2D eigenvalue weighted by Crippen LogP contribution is -2.29. The SMILES string of the molecule is CN(CC1CCC1)c1cc(CO)ccn1. The Morgan fingerprint density at radius 2 is 2.33 bits per heavy atom. The van der Waals surface area contributed by atoms with Crippen molar-refractivity contribution in [2.24, 2.45) is 5.92 Å². The Bertz CT molecular complexity index is 323. The molecule has 0 aromatic carbocycles. The van der Waals surface area contributed by atoms with Crippen LogP contribution < -0.4 is 4.90 Å². The number of anilines is 1. The molecule has 3 nitrogen and oxygen atoms in total. The van der Waals surface area contributed by atoms with Crippen molar-refractivity contribution in [3.05, 3.63) is 23.9 Å². The van der Waals surface area contributed by atoms with E-state index in [1.165, 1.54) is 19.3 Å². The number of hydrogen-bond acceptors (Lipinski definition) is 3. The lowest BCUT2D eigenvalue weighted by Gasteiger charge is -2.30. The van der Waals surface area contributed by atoms with Gasteiger partial charge in [-0.3, -0.25) is 0 Å². The molecule has 0 amide bonds. The molecule has 0 radical (unpaired) electrons. The maximum absolute atomic E-state index is 9.04. The molecular weight excluding hydrogens is 188 g/mol. The number of rotatable bonds is 4. The lowest BCUT2D eigenvalue weighted by molar-refractivity contribution is 0.281. The zero-order valence-electron chi connectivity index (χ0n) is 9.19. The normalized spacial score (nSPS) is 16.1. The van der Waals surface area contributed by atoms with Crippen molar-refractivity contribution in [2.45, 2.75) is 25.9 Å². The summed E-state index contributed by atoms with van der Waals surface area (Å²) in [7, 11) is 2.07. The Kier molecular flexibility index (Phi) is 3.21. The van der Waals surface area contributed by atoms with Gasteiger partial charge in [-0.05, 0) is 36.5 Å². The zero-order valence-corrected chi connectivity index (χ0v) is 9.19. The van der Waals surface area contributed by atoms with Crippen LogP contribution in [0.4, 0.5) is 5.82 Å². The molecule has 1 fully saturated rings. The van der Waals surface area contributed by atoms with Crippen molar-refractivity contribution in [2.75, 3.05) is 18.5 Å². The fourth-order valence-corrected chi connectivity index (χ4v) is 1.92. The van der Waals surface area contributed by atoms with E-state index in [4.69, 9.17) is 5.11 Å². The van der Waals surface area contributed by atoms with Crippen LogP contribution in [0.25, 0.3) is 0 Å². The van der Waals surface area contributed by atoms with Crippen molar-refractivity contribution < 1.29 is 5.11 Å². The molecule has 1 aliphatic rings. The summed E-state index contributed by atoms with van der Waals surface area (Å²) in [5.74, 6) is 1.81. The summed E-state index contributed by atoms with van der Waals surface area (Å²) in [4.78, 5) is 6.50. The quantitative estimate of drug-likeness (QED) is 0.816. The largest absolute Gasteiger partial charge is 0.392 e. The van der Waals surface area contributed by atoms with E-state index in [2.05, 4.69) is 16.9 Å². The van der Waals surface area contributed by atoms with E-state index in [9.17, 15) is 0 Å². The van der Waals surface area contributed by atoms with Gasteiger partial charge in [0.05, 0.1) is 6.61 Å². The van der Waals surface area contributed by atoms with Gasteiger partial charge in [-0.2, -0.15) is 0 Å². The minimum absolute atomic E-state index is 0.0901. The smallest absolute Gasteiger partial charge is 0.128 e. The highest BCUT2D eigenvalue weighted by Gasteiger charge is 2.19. The Labute approximate surface area is 90.8 Å². The minimum atomic E-state index is 0.0901. The predicted octanol–water partition coefficient (Wildman–Crippen LogP) is 1.81. The molecular formula is C12H18N2O. The molecule has 3 heteroatoms. The predicted molar refractivity (Wildman–Crippen MR) is 60.8 cm³/mol. The fourth-order valence-electron chi connectivity index (χ4n) is 1.92. The molecule has 1 heterocycles. The minimum Gasteiger partial charge on any atom is -0.392 e. The standard InChI is InChI=1S/C12H18N2O/c1-14(8-10-3-2-4-10)12-7-11(9-15)5-6-13-12/h5-7,10,15H,2-4,8-9H2,1H3. The number of pyridine rings is 1. The first-order chi connectivity index (χ1) is 7.29. The molecule has 1 N–H and O–H groups in total. The van der Waals surface area contributed by atoms with Gasteiger partial charge in [0.2, 0.25) is 0 Å². The summed E-state index contributed by atoms with van der Waals surface area (Å²) in [6.45, 7) is 1.18. The number of aromatic nitrogens is 1. The van der Waals surface area contributed by atoms with Gasteiger partial charge >= 0.3 is 0 Å². The molecule has 15 heavy (non-hydrogen) atoms. The molecule has 0 atom stereocenters. The Morgan fingerprint density at radius 1 is 1.53 bits per heavy atom. The van der Waals surface area contributed by atoms with E-state index in [0.29, 0.717) is 0 Å². The summed E-state index contributed by atoms with van der Waals surface area (Å²) in [6.07, 6.45) is 5.84. The van der Waals surface area contributed by atoms with Crippen molar-refractivity contribution in [3.8, 4) is 0 Å². The Morgan fingerprint density at radius 3 is 2.93 bits per heavy atom. The zero-order chi connectivity index (χ0) is 10.7. The highest BCUT2D eigenvalue weighted by Crippen LogP contribution is 2.27. The highest BCUT2D eigenvalue weighted by atomic mass is 16.3. The maximum Gasteiger partial charge on any atom is 0.128 e. The summed E-state index contributed by atoms with van der Waals surface area (Å²) in [6, 6.07) is 3.80.